The average molecular weight is 348 g/mol. The number of nitrogens with one attached hydrogen (secondary N) is 1. The van der Waals surface area contributed by atoms with E-state index in [0.717, 1.165) is 22.2 Å². The molecule has 0 saturated carbocycles. The molecule has 0 aliphatic carbocycles. The van der Waals surface area contributed by atoms with Gasteiger partial charge in [0.1, 0.15) is 0 Å². The molecule has 0 aliphatic rings. The lowest BCUT2D eigenvalue weighted by molar-refractivity contribution is 0.355. The maximum absolute atomic E-state index is 12.2. The number of nitrogens with zero attached hydrogens (tertiary/aromatic N) is 3. The van der Waals surface area contributed by atoms with E-state index in [1.165, 1.54) is 4.57 Å². The summed E-state index contributed by atoms with van der Waals surface area (Å²) in [4.78, 5) is 23.8. The van der Waals surface area contributed by atoms with E-state index in [9.17, 15) is 4.79 Å². The molecule has 26 heavy (non-hydrogen) atoms. The van der Waals surface area contributed by atoms with Crippen LogP contribution in [0.25, 0.3) is 28.1 Å². The van der Waals surface area contributed by atoms with Gasteiger partial charge in [-0.3, -0.25) is 0 Å². The number of benzene rings is 2. The minimum absolute atomic E-state index is 0.273. The Bertz CT molecular complexity index is 1130. The van der Waals surface area contributed by atoms with E-state index < -0.39 is 0 Å². The molecule has 0 fully saturated rings. The van der Waals surface area contributed by atoms with Crippen LogP contribution < -0.4 is 15.2 Å². The Kier molecular flexibility index (Phi) is 3.89. The quantitative estimate of drug-likeness (QED) is 0.613. The van der Waals surface area contributed by atoms with E-state index in [1.54, 1.807) is 26.6 Å². The Morgan fingerprint density at radius 2 is 1.65 bits per heavy atom. The number of H-pyrrole nitrogens is 1. The van der Waals surface area contributed by atoms with Gasteiger partial charge in [-0.05, 0) is 29.8 Å². The molecule has 2 aromatic heterocycles. The Labute approximate surface area is 148 Å². The summed E-state index contributed by atoms with van der Waals surface area (Å²) in [6, 6.07) is 13.0. The number of hydrogen-bond acceptors (Lipinski definition) is 5. The monoisotopic (exact) mass is 348 g/mol. The van der Waals surface area contributed by atoms with Crippen molar-refractivity contribution in [2.24, 2.45) is 0 Å². The van der Waals surface area contributed by atoms with Crippen molar-refractivity contribution >= 4 is 11.0 Å². The molecule has 0 aliphatic heterocycles. The largest absolute Gasteiger partial charge is 0.493 e. The number of ether oxygens (including phenoxy) is 2. The SMILES string of the molecule is COc1ccc(-c2cnc(-n3c(=O)[nH]c4ccccc43)nc2)cc1OC. The molecule has 0 radical (unpaired) electrons. The van der Waals surface area contributed by atoms with Gasteiger partial charge in [-0.1, -0.05) is 18.2 Å². The lowest BCUT2D eigenvalue weighted by Crippen LogP contribution is -2.17. The molecule has 4 rings (SSSR count). The maximum atomic E-state index is 12.2. The zero-order valence-corrected chi connectivity index (χ0v) is 14.3. The van der Waals surface area contributed by atoms with Crippen LogP contribution in [-0.2, 0) is 0 Å². The number of imidazole rings is 1. The smallest absolute Gasteiger partial charge is 0.333 e. The van der Waals surface area contributed by atoms with Crippen molar-refractivity contribution < 1.29 is 9.47 Å². The summed E-state index contributed by atoms with van der Waals surface area (Å²) in [5.74, 6) is 1.60. The normalized spacial score (nSPS) is 10.8. The highest BCUT2D eigenvalue weighted by molar-refractivity contribution is 5.76. The van der Waals surface area contributed by atoms with Gasteiger partial charge in [0.05, 0.1) is 25.3 Å². The van der Waals surface area contributed by atoms with Crippen LogP contribution >= 0.6 is 0 Å². The zero-order chi connectivity index (χ0) is 18.1. The molecule has 0 unspecified atom stereocenters. The molecule has 7 nitrogen and oxygen atoms in total. The van der Waals surface area contributed by atoms with Crippen LogP contribution in [0.2, 0.25) is 0 Å². The Hall–Kier alpha value is -3.61. The average Bonchev–Trinajstić information content (AvgIpc) is 3.03. The highest BCUT2D eigenvalue weighted by Gasteiger charge is 2.11. The third-order valence-corrected chi connectivity index (χ3v) is 4.14. The van der Waals surface area contributed by atoms with E-state index >= 15 is 0 Å². The molecular weight excluding hydrogens is 332 g/mol. The van der Waals surface area contributed by atoms with Gasteiger partial charge in [0.15, 0.2) is 11.5 Å². The second kappa shape index (κ2) is 6.36. The first-order valence-electron chi connectivity index (χ1n) is 7.96. The first-order valence-corrected chi connectivity index (χ1v) is 7.96. The van der Waals surface area contributed by atoms with Gasteiger partial charge >= 0.3 is 5.69 Å². The van der Waals surface area contributed by atoms with E-state index in [4.69, 9.17) is 9.47 Å². The molecule has 2 aromatic carbocycles. The molecule has 0 spiro atoms. The summed E-state index contributed by atoms with van der Waals surface area (Å²) in [7, 11) is 3.18. The van der Waals surface area contributed by atoms with E-state index in [1.807, 2.05) is 42.5 Å². The zero-order valence-electron chi connectivity index (χ0n) is 14.3. The van der Waals surface area contributed by atoms with Crippen LogP contribution in [-0.4, -0.2) is 33.7 Å². The molecule has 4 aromatic rings. The van der Waals surface area contributed by atoms with Gasteiger partial charge in [0.25, 0.3) is 0 Å². The van der Waals surface area contributed by atoms with Gasteiger partial charge in [-0.15, -0.1) is 0 Å². The minimum Gasteiger partial charge on any atom is -0.493 e. The predicted octanol–water partition coefficient (Wildman–Crippen LogP) is 2.79. The van der Waals surface area contributed by atoms with Crippen molar-refractivity contribution in [1.82, 2.24) is 19.5 Å². The second-order valence-electron chi connectivity index (χ2n) is 5.62. The topological polar surface area (TPSA) is 82.0 Å². The summed E-state index contributed by atoms with van der Waals surface area (Å²) in [6.07, 6.45) is 3.36. The number of methoxy groups -OCH3 is 2. The van der Waals surface area contributed by atoms with Crippen molar-refractivity contribution in [3.63, 3.8) is 0 Å². The van der Waals surface area contributed by atoms with Gasteiger partial charge in [0, 0.05) is 18.0 Å². The number of aromatic amines is 1. The fourth-order valence-corrected chi connectivity index (χ4v) is 2.85. The summed E-state index contributed by atoms with van der Waals surface area (Å²) in [5, 5.41) is 0. The lowest BCUT2D eigenvalue weighted by atomic mass is 10.1. The number of fused-ring (bicyclic) bond motifs is 1. The van der Waals surface area contributed by atoms with Crippen molar-refractivity contribution in [2.45, 2.75) is 0 Å². The highest BCUT2D eigenvalue weighted by atomic mass is 16.5. The van der Waals surface area contributed by atoms with E-state index in [-0.39, 0.29) is 5.69 Å². The van der Waals surface area contributed by atoms with Gasteiger partial charge in [-0.2, -0.15) is 0 Å². The van der Waals surface area contributed by atoms with Crippen LogP contribution in [0.1, 0.15) is 0 Å². The lowest BCUT2D eigenvalue weighted by Gasteiger charge is -2.09. The Morgan fingerprint density at radius 1 is 0.923 bits per heavy atom. The van der Waals surface area contributed by atoms with Gasteiger partial charge < -0.3 is 14.5 Å². The fourth-order valence-electron chi connectivity index (χ4n) is 2.85. The molecule has 1 N–H and O–H groups in total. The van der Waals surface area contributed by atoms with Crippen molar-refractivity contribution in [1.29, 1.82) is 0 Å². The number of para-hydroxylation sites is 2. The third kappa shape index (κ3) is 2.59. The standard InChI is InChI=1S/C19H16N4O3/c1-25-16-8-7-12(9-17(16)26-2)13-10-20-18(21-11-13)23-15-6-4-3-5-14(15)22-19(23)24/h3-11H,1-2H3,(H,22,24). The minimum atomic E-state index is -0.273. The Balaban J connectivity index is 1.75. The summed E-state index contributed by atoms with van der Waals surface area (Å²) in [6.45, 7) is 0. The first kappa shape index (κ1) is 15.9. The van der Waals surface area contributed by atoms with Gasteiger partial charge in [0.2, 0.25) is 5.95 Å². The Morgan fingerprint density at radius 3 is 2.38 bits per heavy atom. The predicted molar refractivity (Wildman–Crippen MR) is 98.0 cm³/mol. The van der Waals surface area contributed by atoms with Crippen LogP contribution in [0, 0.1) is 0 Å². The molecule has 0 saturated heterocycles. The van der Waals surface area contributed by atoms with Gasteiger partial charge in [-0.25, -0.2) is 19.3 Å². The van der Waals surface area contributed by atoms with Crippen LogP contribution in [0.5, 0.6) is 11.5 Å². The van der Waals surface area contributed by atoms with E-state index in [0.29, 0.717) is 17.4 Å². The van der Waals surface area contributed by atoms with Crippen molar-refractivity contribution in [3.05, 3.63) is 65.3 Å². The number of hydrogen-bond donors (Lipinski definition) is 1. The summed E-state index contributed by atoms with van der Waals surface area (Å²) >= 11 is 0. The van der Waals surface area contributed by atoms with Crippen LogP contribution in [0.4, 0.5) is 0 Å². The third-order valence-electron chi connectivity index (χ3n) is 4.14. The van der Waals surface area contributed by atoms with Crippen molar-refractivity contribution in [2.75, 3.05) is 14.2 Å². The molecule has 7 heteroatoms. The maximum Gasteiger partial charge on any atom is 0.333 e. The molecule has 0 atom stereocenters. The van der Waals surface area contributed by atoms with E-state index in [2.05, 4.69) is 15.0 Å². The number of rotatable bonds is 4. The molecule has 0 bridgehead atoms. The molecule has 130 valence electrons. The fraction of sp³-hybridized carbons (Fsp3) is 0.105. The summed E-state index contributed by atoms with van der Waals surface area (Å²) < 4.78 is 12.0. The molecule has 0 amide bonds. The van der Waals surface area contributed by atoms with Crippen molar-refractivity contribution in [3.8, 4) is 28.6 Å². The first-order chi connectivity index (χ1) is 12.7. The highest BCUT2D eigenvalue weighted by Crippen LogP contribution is 2.31. The van der Waals surface area contributed by atoms with Crippen LogP contribution in [0.3, 0.4) is 0 Å². The molecular formula is C19H16N4O3. The second-order valence-corrected chi connectivity index (χ2v) is 5.62. The number of aromatic nitrogens is 4. The molecule has 2 heterocycles. The van der Waals surface area contributed by atoms with Crippen LogP contribution in [0.15, 0.2) is 59.7 Å². The summed E-state index contributed by atoms with van der Waals surface area (Å²) in [5.41, 5.74) is 2.90.